The average molecular weight is 405 g/mol. The first kappa shape index (κ1) is 18.8. The first-order chi connectivity index (χ1) is 12.8. The summed E-state index contributed by atoms with van der Waals surface area (Å²) in [4.78, 5) is 11.9. The third-order valence-electron chi connectivity index (χ3n) is 4.35. The van der Waals surface area contributed by atoms with E-state index < -0.39 is 45.7 Å². The van der Waals surface area contributed by atoms with Crippen LogP contribution in [0.15, 0.2) is 12.7 Å². The Bertz CT molecular complexity index is 841. The summed E-state index contributed by atoms with van der Waals surface area (Å²) in [5.74, 6) is 0.0804. The van der Waals surface area contributed by atoms with Crippen molar-refractivity contribution in [3.63, 3.8) is 0 Å². The number of hydrogen-bond donors (Lipinski definition) is 2. The summed E-state index contributed by atoms with van der Waals surface area (Å²) in [6.07, 6.45) is -4.71. The van der Waals surface area contributed by atoms with E-state index in [1.54, 1.807) is 13.8 Å². The molecule has 5 atom stereocenters. The molecule has 2 aliphatic rings. The number of anilines is 1. The maximum atomic E-state index is 13.9. The van der Waals surface area contributed by atoms with Crippen molar-refractivity contribution < 1.29 is 32.2 Å². The molecule has 27 heavy (non-hydrogen) atoms. The summed E-state index contributed by atoms with van der Waals surface area (Å²) >= 11 is 0. The Hall–Kier alpha value is -1.56. The van der Waals surface area contributed by atoms with E-state index in [0.717, 1.165) is 0 Å². The predicted octanol–water partition coefficient (Wildman–Crippen LogP) is 1.37. The number of halogens is 2. The monoisotopic (exact) mass is 405 g/mol. The molecule has 148 valence electrons. The molecule has 13 heteroatoms. The molecule has 2 aromatic rings. The number of aromatic nitrogens is 4. The minimum absolute atomic E-state index is 0.0804. The van der Waals surface area contributed by atoms with Crippen molar-refractivity contribution in [1.82, 2.24) is 19.5 Å². The molecule has 3 N–H and O–H groups in total. The van der Waals surface area contributed by atoms with Crippen molar-refractivity contribution in [3.8, 4) is 0 Å². The Balaban J connectivity index is 1.70. The van der Waals surface area contributed by atoms with Gasteiger partial charge in [0, 0.05) is 0 Å². The second-order valence-corrected chi connectivity index (χ2v) is 7.64. The largest absolute Gasteiger partial charge is 0.386 e. The third kappa shape index (κ3) is 2.96. The molecular weight excluding hydrogens is 387 g/mol. The van der Waals surface area contributed by atoms with Gasteiger partial charge in [-0.05, 0) is 13.8 Å². The van der Waals surface area contributed by atoms with E-state index in [1.165, 1.54) is 17.2 Å². The number of aliphatic hydroxyl groups is 1. The SMILES string of the molecule is CC(C)OP1OC[C@@]2(C(F)F)O[C@@H](n3cnc4ncnc(N)c43)[C@H](O)[C@@H]2O1. The van der Waals surface area contributed by atoms with Gasteiger partial charge in [0.1, 0.15) is 30.4 Å². The van der Waals surface area contributed by atoms with Crippen LogP contribution in [0, 0.1) is 0 Å². The molecule has 1 unspecified atom stereocenters. The van der Waals surface area contributed by atoms with E-state index >= 15 is 0 Å². The quantitative estimate of drug-likeness (QED) is 0.725. The van der Waals surface area contributed by atoms with Gasteiger partial charge in [-0.1, -0.05) is 0 Å². The molecule has 0 saturated carbocycles. The molecule has 2 fully saturated rings. The van der Waals surface area contributed by atoms with Crippen LogP contribution in [0.1, 0.15) is 20.1 Å². The van der Waals surface area contributed by atoms with Gasteiger partial charge in [0.2, 0.25) is 0 Å². The van der Waals surface area contributed by atoms with Crippen LogP contribution in [0.25, 0.3) is 11.2 Å². The molecule has 2 aromatic heterocycles. The van der Waals surface area contributed by atoms with Gasteiger partial charge < -0.3 is 29.1 Å². The second kappa shape index (κ2) is 6.80. The molecule has 0 aliphatic carbocycles. The van der Waals surface area contributed by atoms with Crippen molar-refractivity contribution in [2.75, 3.05) is 12.3 Å². The van der Waals surface area contributed by atoms with E-state index in [9.17, 15) is 13.9 Å². The Morgan fingerprint density at radius 1 is 1.41 bits per heavy atom. The zero-order valence-electron chi connectivity index (χ0n) is 14.4. The van der Waals surface area contributed by atoms with Crippen LogP contribution in [-0.2, 0) is 18.3 Å². The number of rotatable bonds is 4. The lowest BCUT2D eigenvalue weighted by atomic mass is 9.96. The summed E-state index contributed by atoms with van der Waals surface area (Å²) in [5, 5.41) is 10.8. The maximum absolute atomic E-state index is 13.9. The summed E-state index contributed by atoms with van der Waals surface area (Å²) < 4.78 is 51.1. The summed E-state index contributed by atoms with van der Waals surface area (Å²) in [7, 11) is -1.89. The van der Waals surface area contributed by atoms with Crippen molar-refractivity contribution >= 4 is 25.6 Å². The molecule has 2 aliphatic heterocycles. The van der Waals surface area contributed by atoms with Gasteiger partial charge >= 0.3 is 8.60 Å². The molecule has 0 aromatic carbocycles. The minimum Gasteiger partial charge on any atom is -0.386 e. The minimum atomic E-state index is -2.97. The summed E-state index contributed by atoms with van der Waals surface area (Å²) in [6, 6.07) is 0. The summed E-state index contributed by atoms with van der Waals surface area (Å²) in [6.45, 7) is 3.03. The number of alkyl halides is 2. The average Bonchev–Trinajstić information content (AvgIpc) is 3.16. The number of fused-ring (bicyclic) bond motifs is 2. The van der Waals surface area contributed by atoms with E-state index in [2.05, 4.69) is 15.0 Å². The van der Waals surface area contributed by atoms with Gasteiger partial charge in [-0.25, -0.2) is 23.7 Å². The Morgan fingerprint density at radius 2 is 2.19 bits per heavy atom. The zero-order valence-corrected chi connectivity index (χ0v) is 15.3. The molecule has 4 rings (SSSR count). The van der Waals surface area contributed by atoms with E-state index in [-0.39, 0.29) is 23.1 Å². The number of nitrogens with zero attached hydrogens (tertiary/aromatic N) is 4. The molecule has 2 saturated heterocycles. The number of nitrogens with two attached hydrogens (primary N) is 1. The van der Waals surface area contributed by atoms with Crippen LogP contribution in [0.2, 0.25) is 0 Å². The van der Waals surface area contributed by atoms with Gasteiger partial charge in [0.15, 0.2) is 23.3 Å². The van der Waals surface area contributed by atoms with Gasteiger partial charge in [-0.3, -0.25) is 4.57 Å². The standard InChI is InChI=1S/C14H18F2N5O5P/c1-6(2)25-27-23-3-14(13(15)16)9(26-27)8(22)12(24-14)21-5-20-11-7(21)10(17)18-4-19-11/h4-6,8-9,12-13,22H,3H2,1-2H3,(H2,17,18,19)/t8-,9+,12-,14-,27?/m1/s1. The smallest absolute Gasteiger partial charge is 0.333 e. The van der Waals surface area contributed by atoms with Gasteiger partial charge in [0.25, 0.3) is 6.43 Å². The van der Waals surface area contributed by atoms with Crippen LogP contribution < -0.4 is 5.73 Å². The number of aliphatic hydroxyl groups excluding tert-OH is 1. The third-order valence-corrected chi connectivity index (χ3v) is 5.69. The normalized spacial score (nSPS) is 33.9. The number of ether oxygens (including phenoxy) is 1. The fourth-order valence-corrected chi connectivity index (χ4v) is 4.44. The summed E-state index contributed by atoms with van der Waals surface area (Å²) in [5.41, 5.74) is 4.23. The lowest BCUT2D eigenvalue weighted by Crippen LogP contribution is -2.55. The van der Waals surface area contributed by atoms with Crippen LogP contribution >= 0.6 is 8.60 Å². The Labute approximate surface area is 153 Å². The van der Waals surface area contributed by atoms with Gasteiger partial charge in [-0.15, -0.1) is 0 Å². The highest BCUT2D eigenvalue weighted by atomic mass is 31.2. The second-order valence-electron chi connectivity index (χ2n) is 6.51. The van der Waals surface area contributed by atoms with Crippen molar-refractivity contribution in [3.05, 3.63) is 12.7 Å². The molecular formula is C14H18F2N5O5P. The number of nitrogen functional groups attached to an aromatic ring is 1. The van der Waals surface area contributed by atoms with E-state index in [0.29, 0.717) is 0 Å². The molecule has 4 heterocycles. The van der Waals surface area contributed by atoms with E-state index in [4.69, 9.17) is 24.0 Å². The van der Waals surface area contributed by atoms with Crippen LogP contribution in [0.5, 0.6) is 0 Å². The van der Waals surface area contributed by atoms with Crippen LogP contribution in [0.3, 0.4) is 0 Å². The predicted molar refractivity (Wildman–Crippen MR) is 88.6 cm³/mol. The molecule has 0 amide bonds. The lowest BCUT2D eigenvalue weighted by Gasteiger charge is -2.39. The first-order valence-electron chi connectivity index (χ1n) is 8.17. The fourth-order valence-electron chi connectivity index (χ4n) is 3.12. The van der Waals surface area contributed by atoms with Gasteiger partial charge in [0.05, 0.1) is 12.7 Å². The molecule has 0 spiro atoms. The molecule has 0 bridgehead atoms. The topological polar surface area (TPSA) is 127 Å². The number of hydrogen-bond acceptors (Lipinski definition) is 9. The Kier molecular flexibility index (Phi) is 4.73. The highest BCUT2D eigenvalue weighted by molar-refractivity contribution is 7.41. The van der Waals surface area contributed by atoms with Crippen molar-refractivity contribution in [2.24, 2.45) is 0 Å². The zero-order chi connectivity index (χ0) is 19.3. The van der Waals surface area contributed by atoms with Crippen LogP contribution in [-0.4, -0.2) is 61.6 Å². The van der Waals surface area contributed by atoms with E-state index in [1.807, 2.05) is 0 Å². The lowest BCUT2D eigenvalue weighted by molar-refractivity contribution is -0.203. The molecule has 0 radical (unpaired) electrons. The highest BCUT2D eigenvalue weighted by Gasteiger charge is 2.65. The van der Waals surface area contributed by atoms with Crippen molar-refractivity contribution in [2.45, 2.75) is 50.4 Å². The first-order valence-corrected chi connectivity index (χ1v) is 9.26. The highest BCUT2D eigenvalue weighted by Crippen LogP contribution is 2.56. The van der Waals surface area contributed by atoms with Gasteiger partial charge in [-0.2, -0.15) is 0 Å². The maximum Gasteiger partial charge on any atom is 0.333 e. The fraction of sp³-hybridized carbons (Fsp3) is 0.643. The number of imidazole rings is 1. The van der Waals surface area contributed by atoms with Crippen molar-refractivity contribution in [1.29, 1.82) is 0 Å². The molecule has 10 nitrogen and oxygen atoms in total. The van der Waals surface area contributed by atoms with Crippen LogP contribution in [0.4, 0.5) is 14.6 Å². The Morgan fingerprint density at radius 3 is 2.89 bits per heavy atom.